The highest BCUT2D eigenvalue weighted by Gasteiger charge is 2.31. The van der Waals surface area contributed by atoms with E-state index < -0.39 is 0 Å². The van der Waals surface area contributed by atoms with Crippen LogP contribution in [0.3, 0.4) is 0 Å². The van der Waals surface area contributed by atoms with Gasteiger partial charge in [-0.05, 0) is 61.6 Å². The Morgan fingerprint density at radius 2 is 1.75 bits per heavy atom. The third-order valence-corrected chi connectivity index (χ3v) is 5.98. The molecule has 0 radical (unpaired) electrons. The number of hydrogen-bond acceptors (Lipinski definition) is 0. The summed E-state index contributed by atoms with van der Waals surface area (Å²) in [7, 11) is 0.0729. The molecular formula is C19H21S+. The molecule has 1 aromatic carbocycles. The molecule has 0 amide bonds. The molecule has 1 aromatic rings. The van der Waals surface area contributed by atoms with Crippen LogP contribution in [-0.2, 0) is 10.9 Å². The second-order valence-electron chi connectivity index (χ2n) is 5.38. The zero-order chi connectivity index (χ0) is 13.8. The Bertz CT molecular complexity index is 575. The van der Waals surface area contributed by atoms with Gasteiger partial charge in [0.15, 0.2) is 14.7 Å². The summed E-state index contributed by atoms with van der Waals surface area (Å²) in [6, 6.07) is 10.9. The molecule has 3 rings (SSSR count). The van der Waals surface area contributed by atoms with Crippen LogP contribution in [0.2, 0.25) is 0 Å². The standard InChI is InChI=1S/C19H21S/c1-16-12-14-19(15-13-16)20(17-8-4-2-5-9-17)18-10-6-3-7-11-18/h2,4-6,8-12,14-16H,3,7,13H2,1H3/q+1. The molecular weight excluding hydrogens is 260 g/mol. The Morgan fingerprint density at radius 1 is 0.950 bits per heavy atom. The van der Waals surface area contributed by atoms with Crippen LogP contribution in [0.15, 0.2) is 81.5 Å². The minimum absolute atomic E-state index is 0.0729. The van der Waals surface area contributed by atoms with Crippen molar-refractivity contribution in [2.75, 3.05) is 0 Å². The molecule has 0 heterocycles. The van der Waals surface area contributed by atoms with E-state index in [1.807, 2.05) is 0 Å². The fraction of sp³-hybridized carbons (Fsp3) is 0.263. The Kier molecular flexibility index (Phi) is 4.27. The lowest BCUT2D eigenvalue weighted by Gasteiger charge is -2.15. The molecule has 2 aliphatic carbocycles. The highest BCUT2D eigenvalue weighted by molar-refractivity contribution is 8.04. The van der Waals surface area contributed by atoms with Crippen LogP contribution in [-0.4, -0.2) is 0 Å². The smallest absolute Gasteiger partial charge is 0.0792 e. The molecule has 2 atom stereocenters. The van der Waals surface area contributed by atoms with E-state index in [1.54, 1.807) is 0 Å². The summed E-state index contributed by atoms with van der Waals surface area (Å²) >= 11 is 0. The van der Waals surface area contributed by atoms with Crippen LogP contribution in [0, 0.1) is 5.92 Å². The second-order valence-corrected chi connectivity index (χ2v) is 7.41. The maximum absolute atomic E-state index is 2.43. The summed E-state index contributed by atoms with van der Waals surface area (Å²) in [5.74, 6) is 0.677. The van der Waals surface area contributed by atoms with Gasteiger partial charge >= 0.3 is 0 Å². The van der Waals surface area contributed by atoms with Crippen LogP contribution >= 0.6 is 0 Å². The van der Waals surface area contributed by atoms with E-state index in [4.69, 9.17) is 0 Å². The molecule has 102 valence electrons. The van der Waals surface area contributed by atoms with Crippen LogP contribution in [0.4, 0.5) is 0 Å². The lowest BCUT2D eigenvalue weighted by atomic mass is 10.0. The van der Waals surface area contributed by atoms with Gasteiger partial charge < -0.3 is 0 Å². The normalized spacial score (nSPS) is 23.1. The predicted octanol–water partition coefficient (Wildman–Crippen LogP) is 5.38. The quantitative estimate of drug-likeness (QED) is 0.653. The first kappa shape index (κ1) is 13.5. The fourth-order valence-corrected chi connectivity index (χ4v) is 4.80. The van der Waals surface area contributed by atoms with Gasteiger partial charge in [0.05, 0.1) is 10.9 Å². The third-order valence-electron chi connectivity index (χ3n) is 3.69. The van der Waals surface area contributed by atoms with E-state index >= 15 is 0 Å². The maximum Gasteiger partial charge on any atom is 0.166 e. The zero-order valence-electron chi connectivity index (χ0n) is 12.0. The SMILES string of the molecule is CC1C=CC([S+](C2=CCCC=C2)c2ccccc2)=CC1. The molecule has 0 fully saturated rings. The Labute approximate surface area is 124 Å². The maximum atomic E-state index is 2.43. The molecule has 0 bridgehead atoms. The van der Waals surface area contributed by atoms with Gasteiger partial charge in [-0.25, -0.2) is 0 Å². The van der Waals surface area contributed by atoms with Gasteiger partial charge in [-0.15, -0.1) is 0 Å². The molecule has 20 heavy (non-hydrogen) atoms. The summed E-state index contributed by atoms with van der Waals surface area (Å²) < 4.78 is 0. The van der Waals surface area contributed by atoms with E-state index in [-0.39, 0.29) is 10.9 Å². The summed E-state index contributed by atoms with van der Waals surface area (Å²) in [6.07, 6.45) is 17.7. The van der Waals surface area contributed by atoms with Crippen molar-refractivity contribution < 1.29 is 0 Å². The highest BCUT2D eigenvalue weighted by atomic mass is 32.2. The molecule has 0 spiro atoms. The van der Waals surface area contributed by atoms with Crippen LogP contribution in [0.1, 0.15) is 26.2 Å². The molecule has 0 saturated carbocycles. The van der Waals surface area contributed by atoms with Crippen LogP contribution in [0.25, 0.3) is 0 Å². The zero-order valence-corrected chi connectivity index (χ0v) is 12.8. The first-order valence-corrected chi connectivity index (χ1v) is 8.61. The molecule has 2 unspecified atom stereocenters. The van der Waals surface area contributed by atoms with Gasteiger partial charge in [0.1, 0.15) is 0 Å². The van der Waals surface area contributed by atoms with Gasteiger partial charge in [0.25, 0.3) is 0 Å². The lowest BCUT2D eigenvalue weighted by molar-refractivity contribution is 0.735. The molecule has 0 nitrogen and oxygen atoms in total. The summed E-state index contributed by atoms with van der Waals surface area (Å²) in [4.78, 5) is 4.38. The van der Waals surface area contributed by atoms with E-state index in [1.165, 1.54) is 34.0 Å². The number of rotatable bonds is 3. The molecule has 0 aromatic heterocycles. The lowest BCUT2D eigenvalue weighted by Crippen LogP contribution is -2.10. The van der Waals surface area contributed by atoms with Gasteiger partial charge in [-0.2, -0.15) is 0 Å². The first-order valence-electron chi connectivity index (χ1n) is 7.39. The fourth-order valence-electron chi connectivity index (χ4n) is 2.56. The van der Waals surface area contributed by atoms with Crippen molar-refractivity contribution in [2.24, 2.45) is 5.92 Å². The number of allylic oxidation sites excluding steroid dienone is 6. The van der Waals surface area contributed by atoms with Crippen molar-refractivity contribution >= 4 is 10.9 Å². The minimum atomic E-state index is 0.0729. The molecule has 0 saturated heterocycles. The Morgan fingerprint density at radius 3 is 2.40 bits per heavy atom. The monoisotopic (exact) mass is 281 g/mol. The average Bonchev–Trinajstić information content (AvgIpc) is 2.52. The molecule has 1 heteroatoms. The second kappa shape index (κ2) is 6.32. The average molecular weight is 281 g/mol. The van der Waals surface area contributed by atoms with Gasteiger partial charge in [0.2, 0.25) is 0 Å². The minimum Gasteiger partial charge on any atom is -0.0792 e. The molecule has 2 aliphatic rings. The Hall–Kier alpha value is -1.47. The van der Waals surface area contributed by atoms with Crippen molar-refractivity contribution in [3.8, 4) is 0 Å². The van der Waals surface area contributed by atoms with Crippen molar-refractivity contribution in [1.82, 2.24) is 0 Å². The van der Waals surface area contributed by atoms with E-state index in [9.17, 15) is 0 Å². The summed E-state index contributed by atoms with van der Waals surface area (Å²) in [6.45, 7) is 2.28. The molecule has 0 aliphatic heterocycles. The number of hydrogen-bond donors (Lipinski definition) is 0. The van der Waals surface area contributed by atoms with Crippen molar-refractivity contribution in [2.45, 2.75) is 31.1 Å². The highest BCUT2D eigenvalue weighted by Crippen LogP contribution is 2.35. The Balaban J connectivity index is 1.98. The van der Waals surface area contributed by atoms with Crippen LogP contribution in [0.5, 0.6) is 0 Å². The van der Waals surface area contributed by atoms with Crippen LogP contribution < -0.4 is 0 Å². The predicted molar refractivity (Wildman–Crippen MR) is 89.5 cm³/mol. The van der Waals surface area contributed by atoms with E-state index in [0.29, 0.717) is 5.92 Å². The topological polar surface area (TPSA) is 0 Å². The number of benzene rings is 1. The molecule has 0 N–H and O–H groups in total. The van der Waals surface area contributed by atoms with E-state index in [0.717, 1.165) is 0 Å². The van der Waals surface area contributed by atoms with Crippen molar-refractivity contribution in [1.29, 1.82) is 0 Å². The summed E-state index contributed by atoms with van der Waals surface area (Å²) in [5.41, 5.74) is 0. The van der Waals surface area contributed by atoms with E-state index in [2.05, 4.69) is 73.7 Å². The summed E-state index contributed by atoms with van der Waals surface area (Å²) in [5, 5.41) is 0. The van der Waals surface area contributed by atoms with Gasteiger partial charge in [-0.1, -0.05) is 37.3 Å². The first-order chi connectivity index (χ1) is 9.84. The van der Waals surface area contributed by atoms with Crippen molar-refractivity contribution in [3.63, 3.8) is 0 Å². The van der Waals surface area contributed by atoms with Gasteiger partial charge in [0, 0.05) is 0 Å². The largest absolute Gasteiger partial charge is 0.166 e. The third kappa shape index (κ3) is 2.99. The van der Waals surface area contributed by atoms with Crippen molar-refractivity contribution in [3.05, 3.63) is 76.6 Å². The van der Waals surface area contributed by atoms with Gasteiger partial charge in [-0.3, -0.25) is 0 Å².